The van der Waals surface area contributed by atoms with Gasteiger partial charge in [0.25, 0.3) is 0 Å². The third kappa shape index (κ3) is 6.65. The largest absolute Gasteiger partial charge is 0.496 e. The number of aliphatic imine (C=N–C) groups is 1. The first kappa shape index (κ1) is 25.3. The van der Waals surface area contributed by atoms with Crippen LogP contribution in [0.3, 0.4) is 0 Å². The van der Waals surface area contributed by atoms with Gasteiger partial charge >= 0.3 is 0 Å². The van der Waals surface area contributed by atoms with Crippen molar-refractivity contribution in [3.8, 4) is 11.5 Å². The maximum Gasteiger partial charge on any atom is 0.242 e. The fourth-order valence-corrected chi connectivity index (χ4v) is 3.38. The second kappa shape index (κ2) is 12.1. The minimum Gasteiger partial charge on any atom is -0.496 e. The summed E-state index contributed by atoms with van der Waals surface area (Å²) in [6, 6.07) is 4.07. The van der Waals surface area contributed by atoms with E-state index in [2.05, 4.69) is 12.2 Å². The average Bonchev–Trinajstić information content (AvgIpc) is 3.03. The summed E-state index contributed by atoms with van der Waals surface area (Å²) in [7, 11) is 3.56. The molecule has 1 aromatic carbocycles. The van der Waals surface area contributed by atoms with Crippen LogP contribution in [0.1, 0.15) is 38.8 Å². The van der Waals surface area contributed by atoms with Gasteiger partial charge in [0.05, 0.1) is 20.2 Å². The summed E-state index contributed by atoms with van der Waals surface area (Å²) in [5, 5.41) is 3.26. The quantitative estimate of drug-likeness (QED) is 0.326. The molecule has 29 heavy (non-hydrogen) atoms. The van der Waals surface area contributed by atoms with Crippen molar-refractivity contribution in [3.63, 3.8) is 0 Å². The van der Waals surface area contributed by atoms with Gasteiger partial charge in [0.1, 0.15) is 17.6 Å². The predicted molar refractivity (Wildman–Crippen MR) is 128 cm³/mol. The molecule has 0 bridgehead atoms. The van der Waals surface area contributed by atoms with Gasteiger partial charge in [-0.1, -0.05) is 0 Å². The number of likely N-dealkylation sites (N-methyl/N-ethyl adjacent to an activating group) is 2. The number of nitrogens with one attached hydrogen (secondary N) is 1. The van der Waals surface area contributed by atoms with E-state index in [4.69, 9.17) is 14.5 Å². The first-order valence-electron chi connectivity index (χ1n) is 10.1. The van der Waals surface area contributed by atoms with Crippen LogP contribution in [0.2, 0.25) is 0 Å². The molecule has 0 radical (unpaired) electrons. The number of fused-ring (bicyclic) bond motifs is 1. The Hall–Kier alpha value is -1.71. The van der Waals surface area contributed by atoms with Crippen molar-refractivity contribution in [1.29, 1.82) is 0 Å². The van der Waals surface area contributed by atoms with E-state index in [1.807, 2.05) is 49.8 Å². The molecule has 1 aliphatic heterocycles. The molecule has 1 amide bonds. The molecule has 0 aromatic heterocycles. The lowest BCUT2D eigenvalue weighted by Crippen LogP contribution is -2.45. The molecule has 1 aromatic rings. The highest BCUT2D eigenvalue weighted by Gasteiger charge is 2.22. The predicted octanol–water partition coefficient (Wildman–Crippen LogP) is 2.90. The van der Waals surface area contributed by atoms with Gasteiger partial charge in [0, 0.05) is 44.2 Å². The first-order chi connectivity index (χ1) is 13.4. The van der Waals surface area contributed by atoms with Crippen LogP contribution in [-0.2, 0) is 17.8 Å². The monoisotopic (exact) mass is 518 g/mol. The number of carbonyl (C=O) groups is 1. The van der Waals surface area contributed by atoms with E-state index in [0.717, 1.165) is 30.0 Å². The van der Waals surface area contributed by atoms with Crippen LogP contribution >= 0.6 is 24.0 Å². The molecular weight excluding hydrogens is 483 g/mol. The van der Waals surface area contributed by atoms with Gasteiger partial charge in [0.2, 0.25) is 5.91 Å². The zero-order valence-corrected chi connectivity index (χ0v) is 20.8. The second-order valence-electron chi connectivity index (χ2n) is 7.00. The van der Waals surface area contributed by atoms with Crippen molar-refractivity contribution >= 4 is 35.8 Å². The van der Waals surface area contributed by atoms with Gasteiger partial charge in [-0.2, -0.15) is 0 Å². The van der Waals surface area contributed by atoms with Crippen LogP contribution in [0, 0.1) is 0 Å². The number of benzene rings is 1. The van der Waals surface area contributed by atoms with E-state index >= 15 is 0 Å². The summed E-state index contributed by atoms with van der Waals surface area (Å²) in [6.45, 7) is 10.9. The van der Waals surface area contributed by atoms with Crippen molar-refractivity contribution in [2.24, 2.45) is 4.99 Å². The Bertz CT molecular complexity index is 707. The molecule has 2 rings (SSSR count). The van der Waals surface area contributed by atoms with Crippen molar-refractivity contribution in [3.05, 3.63) is 23.3 Å². The Morgan fingerprint density at radius 1 is 1.31 bits per heavy atom. The zero-order valence-electron chi connectivity index (χ0n) is 18.4. The number of nitrogens with zero attached hydrogens (tertiary/aromatic N) is 3. The summed E-state index contributed by atoms with van der Waals surface area (Å²) in [5.74, 6) is 2.52. The molecule has 8 heteroatoms. The van der Waals surface area contributed by atoms with Crippen LogP contribution < -0.4 is 14.8 Å². The SMILES string of the molecule is CCNC(=NCc1cc2c(cc1OC)CC(C)O2)N(C)CC(=O)N(CC)CC.I. The maximum absolute atomic E-state index is 12.4. The Morgan fingerprint density at radius 3 is 2.59 bits per heavy atom. The van der Waals surface area contributed by atoms with Crippen LogP contribution in [0.15, 0.2) is 17.1 Å². The minimum atomic E-state index is 0. The normalized spacial score (nSPS) is 15.1. The summed E-state index contributed by atoms with van der Waals surface area (Å²) in [6.07, 6.45) is 1.08. The third-order valence-corrected chi connectivity index (χ3v) is 4.88. The lowest BCUT2D eigenvalue weighted by Gasteiger charge is -2.25. The van der Waals surface area contributed by atoms with Crippen LogP contribution in [0.4, 0.5) is 0 Å². The topological polar surface area (TPSA) is 66.4 Å². The summed E-state index contributed by atoms with van der Waals surface area (Å²) < 4.78 is 11.4. The van der Waals surface area contributed by atoms with E-state index in [1.165, 1.54) is 5.56 Å². The number of carbonyl (C=O) groups excluding carboxylic acids is 1. The van der Waals surface area contributed by atoms with Gasteiger partial charge in [-0.3, -0.25) is 4.79 Å². The molecule has 1 atom stereocenters. The number of amides is 1. The number of rotatable bonds is 8. The molecule has 0 saturated heterocycles. The van der Waals surface area contributed by atoms with Crippen LogP contribution in [0.5, 0.6) is 11.5 Å². The fourth-order valence-electron chi connectivity index (χ4n) is 3.38. The molecule has 0 spiro atoms. The standard InChI is InChI=1S/C21H34N4O3.HI/c1-7-22-21(24(5)14-20(26)25(8-2)9-3)23-13-17-12-19-16(10-15(4)28-19)11-18(17)27-6;/h11-12,15H,7-10,13-14H2,1-6H3,(H,22,23);1H. The van der Waals surface area contributed by atoms with E-state index in [9.17, 15) is 4.79 Å². The molecule has 164 valence electrons. The van der Waals surface area contributed by atoms with Crippen LogP contribution in [-0.4, -0.2) is 68.1 Å². The lowest BCUT2D eigenvalue weighted by atomic mass is 10.1. The van der Waals surface area contributed by atoms with Crippen molar-refractivity contribution in [2.45, 2.75) is 46.8 Å². The first-order valence-corrected chi connectivity index (χ1v) is 10.1. The summed E-state index contributed by atoms with van der Waals surface area (Å²) >= 11 is 0. The molecule has 1 aliphatic rings. The highest BCUT2D eigenvalue weighted by Crippen LogP contribution is 2.35. The van der Waals surface area contributed by atoms with E-state index in [-0.39, 0.29) is 42.5 Å². The van der Waals surface area contributed by atoms with Crippen molar-refractivity contribution < 1.29 is 14.3 Å². The number of halogens is 1. The Kier molecular flexibility index (Phi) is 10.6. The van der Waals surface area contributed by atoms with Gasteiger partial charge in [0.15, 0.2) is 5.96 Å². The maximum atomic E-state index is 12.4. The molecular formula is C21H35IN4O3. The second-order valence-corrected chi connectivity index (χ2v) is 7.00. The molecule has 0 aliphatic carbocycles. The van der Waals surface area contributed by atoms with E-state index in [1.54, 1.807) is 7.11 Å². The molecule has 1 heterocycles. The zero-order chi connectivity index (χ0) is 20.7. The van der Waals surface area contributed by atoms with Crippen molar-refractivity contribution in [2.75, 3.05) is 40.3 Å². The Morgan fingerprint density at radius 2 is 2.00 bits per heavy atom. The number of ether oxygens (including phenoxy) is 2. The van der Waals surface area contributed by atoms with Crippen LogP contribution in [0.25, 0.3) is 0 Å². The molecule has 1 N–H and O–H groups in total. The highest BCUT2D eigenvalue weighted by molar-refractivity contribution is 14.0. The van der Waals surface area contributed by atoms with Gasteiger partial charge in [-0.05, 0) is 39.8 Å². The average molecular weight is 518 g/mol. The van der Waals surface area contributed by atoms with E-state index < -0.39 is 0 Å². The summed E-state index contributed by atoms with van der Waals surface area (Å²) in [4.78, 5) is 20.8. The summed E-state index contributed by atoms with van der Waals surface area (Å²) in [5.41, 5.74) is 2.14. The third-order valence-electron chi connectivity index (χ3n) is 4.88. The van der Waals surface area contributed by atoms with Gasteiger partial charge in [-0.15, -0.1) is 24.0 Å². The van der Waals surface area contributed by atoms with Gasteiger partial charge < -0.3 is 24.6 Å². The highest BCUT2D eigenvalue weighted by atomic mass is 127. The number of guanidine groups is 1. The minimum absolute atomic E-state index is 0. The number of hydrogen-bond donors (Lipinski definition) is 1. The molecule has 1 unspecified atom stereocenters. The molecule has 7 nitrogen and oxygen atoms in total. The fraction of sp³-hybridized carbons (Fsp3) is 0.619. The smallest absolute Gasteiger partial charge is 0.242 e. The van der Waals surface area contributed by atoms with Crippen molar-refractivity contribution in [1.82, 2.24) is 15.1 Å². The molecule has 0 saturated carbocycles. The lowest BCUT2D eigenvalue weighted by molar-refractivity contribution is -0.131. The van der Waals surface area contributed by atoms with Gasteiger partial charge in [-0.25, -0.2) is 4.99 Å². The Labute approximate surface area is 191 Å². The number of hydrogen-bond acceptors (Lipinski definition) is 4. The Balaban J connectivity index is 0.00000420. The molecule has 0 fully saturated rings. The van der Waals surface area contributed by atoms with E-state index in [0.29, 0.717) is 25.6 Å². The number of methoxy groups -OCH3 is 1.